The number of piperidine rings is 1. The van der Waals surface area contributed by atoms with Crippen LogP contribution in [0.5, 0.6) is 0 Å². The molecule has 4 heteroatoms. The Labute approximate surface area is 120 Å². The Balaban J connectivity index is 1.67. The maximum absolute atomic E-state index is 5.70. The van der Waals surface area contributed by atoms with Crippen LogP contribution in [0.15, 0.2) is 22.7 Å². The van der Waals surface area contributed by atoms with Crippen LogP contribution < -0.4 is 0 Å². The fourth-order valence-electron chi connectivity index (χ4n) is 3.18. The molecule has 1 fully saturated rings. The second-order valence-corrected chi connectivity index (χ2v) is 5.75. The molecule has 1 atom stereocenters. The van der Waals surface area contributed by atoms with Crippen LogP contribution in [0.2, 0.25) is 0 Å². The third-order valence-electron chi connectivity index (χ3n) is 4.22. The van der Waals surface area contributed by atoms with Crippen molar-refractivity contribution in [2.24, 2.45) is 0 Å². The number of furan rings is 1. The molecular weight excluding hydrogens is 250 g/mol. The van der Waals surface area contributed by atoms with E-state index in [0.717, 1.165) is 37.6 Å². The Morgan fingerprint density at radius 3 is 3.10 bits per heavy atom. The summed E-state index contributed by atoms with van der Waals surface area (Å²) in [6, 6.07) is 4.13. The Bertz CT molecular complexity index is 558. The zero-order valence-corrected chi connectivity index (χ0v) is 12.4. The van der Waals surface area contributed by atoms with Crippen molar-refractivity contribution in [3.05, 3.63) is 41.1 Å². The Morgan fingerprint density at radius 1 is 1.45 bits per heavy atom. The molecule has 1 saturated heterocycles. The lowest BCUT2D eigenvalue weighted by Crippen LogP contribution is -2.34. The molecule has 0 saturated carbocycles. The summed E-state index contributed by atoms with van der Waals surface area (Å²) in [7, 11) is 0. The van der Waals surface area contributed by atoms with E-state index in [0.29, 0.717) is 5.92 Å². The molecule has 108 valence electrons. The average Bonchev–Trinajstić information content (AvgIpc) is 3.08. The van der Waals surface area contributed by atoms with Gasteiger partial charge in [-0.2, -0.15) is 5.10 Å². The van der Waals surface area contributed by atoms with Crippen LogP contribution in [-0.2, 0) is 13.0 Å². The number of hydrogen-bond donors (Lipinski definition) is 1. The Morgan fingerprint density at radius 2 is 2.35 bits per heavy atom. The Kier molecular flexibility index (Phi) is 3.92. The summed E-state index contributed by atoms with van der Waals surface area (Å²) in [5, 5.41) is 7.43. The van der Waals surface area contributed by atoms with Crippen LogP contribution in [0.4, 0.5) is 0 Å². The molecule has 1 N–H and O–H groups in total. The zero-order chi connectivity index (χ0) is 13.9. The summed E-state index contributed by atoms with van der Waals surface area (Å²) < 4.78 is 5.70. The molecule has 1 aliphatic rings. The van der Waals surface area contributed by atoms with E-state index < -0.39 is 0 Å². The highest BCUT2D eigenvalue weighted by Gasteiger charge is 2.24. The van der Waals surface area contributed by atoms with Gasteiger partial charge >= 0.3 is 0 Å². The van der Waals surface area contributed by atoms with Gasteiger partial charge in [0, 0.05) is 18.2 Å². The van der Waals surface area contributed by atoms with Crippen molar-refractivity contribution in [1.82, 2.24) is 15.1 Å². The van der Waals surface area contributed by atoms with Crippen LogP contribution in [0, 0.1) is 6.92 Å². The number of H-pyrrole nitrogens is 1. The zero-order valence-electron chi connectivity index (χ0n) is 12.4. The largest absolute Gasteiger partial charge is 0.465 e. The highest BCUT2D eigenvalue weighted by atomic mass is 16.3. The summed E-state index contributed by atoms with van der Waals surface area (Å²) >= 11 is 0. The maximum Gasteiger partial charge on any atom is 0.118 e. The van der Waals surface area contributed by atoms with E-state index in [4.69, 9.17) is 4.42 Å². The summed E-state index contributed by atoms with van der Waals surface area (Å²) in [6.45, 7) is 7.36. The lowest BCUT2D eigenvalue weighted by molar-refractivity contribution is 0.184. The van der Waals surface area contributed by atoms with E-state index in [2.05, 4.69) is 28.1 Å². The minimum absolute atomic E-state index is 0.581. The monoisotopic (exact) mass is 273 g/mol. The number of aryl methyl sites for hydroxylation is 2. The normalized spacial score (nSPS) is 20.4. The van der Waals surface area contributed by atoms with Crippen LogP contribution in [0.3, 0.4) is 0 Å². The van der Waals surface area contributed by atoms with E-state index in [9.17, 15) is 0 Å². The molecule has 0 aliphatic carbocycles. The first-order chi connectivity index (χ1) is 9.76. The molecule has 0 bridgehead atoms. The standard InChI is InChI=1S/C16H23N3O/c1-3-13-9-17-18-16(13)14-5-4-8-19(10-14)11-15-7-6-12(2)20-15/h6-7,9,14H,3-5,8,10-11H2,1-2H3,(H,17,18)/t14-/m0/s1. The fraction of sp³-hybridized carbons (Fsp3) is 0.562. The van der Waals surface area contributed by atoms with Gasteiger partial charge in [0.25, 0.3) is 0 Å². The third-order valence-corrected chi connectivity index (χ3v) is 4.22. The van der Waals surface area contributed by atoms with Gasteiger partial charge in [-0.25, -0.2) is 0 Å². The molecule has 4 nitrogen and oxygen atoms in total. The Hall–Kier alpha value is -1.55. The van der Waals surface area contributed by atoms with E-state index in [1.54, 1.807) is 0 Å². The third kappa shape index (κ3) is 2.80. The number of aromatic amines is 1. The quantitative estimate of drug-likeness (QED) is 0.930. The number of nitrogens with zero attached hydrogens (tertiary/aromatic N) is 2. The molecule has 0 radical (unpaired) electrons. The number of aromatic nitrogens is 2. The molecule has 3 heterocycles. The molecule has 1 aliphatic heterocycles. The molecule has 2 aromatic rings. The number of hydrogen-bond acceptors (Lipinski definition) is 3. The number of likely N-dealkylation sites (tertiary alicyclic amines) is 1. The first-order valence-electron chi connectivity index (χ1n) is 7.56. The molecule has 0 aromatic carbocycles. The van der Waals surface area contributed by atoms with Gasteiger partial charge in [-0.3, -0.25) is 10.00 Å². The van der Waals surface area contributed by atoms with Crippen molar-refractivity contribution in [2.45, 2.75) is 45.6 Å². The lowest BCUT2D eigenvalue weighted by Gasteiger charge is -2.32. The second kappa shape index (κ2) is 5.83. The topological polar surface area (TPSA) is 45.1 Å². The van der Waals surface area contributed by atoms with Crippen molar-refractivity contribution >= 4 is 0 Å². The van der Waals surface area contributed by atoms with E-state index in [1.165, 1.54) is 24.1 Å². The highest BCUT2D eigenvalue weighted by molar-refractivity contribution is 5.21. The van der Waals surface area contributed by atoms with Crippen molar-refractivity contribution in [3.63, 3.8) is 0 Å². The fourth-order valence-corrected chi connectivity index (χ4v) is 3.18. The van der Waals surface area contributed by atoms with Gasteiger partial charge < -0.3 is 4.42 Å². The first-order valence-corrected chi connectivity index (χ1v) is 7.56. The SMILES string of the molecule is CCc1cn[nH]c1[C@H]1CCCN(Cc2ccc(C)o2)C1. The molecular formula is C16H23N3O. The van der Waals surface area contributed by atoms with Gasteiger partial charge in [0.05, 0.1) is 12.7 Å². The summed E-state index contributed by atoms with van der Waals surface area (Å²) in [4.78, 5) is 2.49. The molecule has 20 heavy (non-hydrogen) atoms. The van der Waals surface area contributed by atoms with E-state index >= 15 is 0 Å². The van der Waals surface area contributed by atoms with Crippen molar-refractivity contribution in [2.75, 3.05) is 13.1 Å². The number of rotatable bonds is 4. The first kappa shape index (κ1) is 13.4. The van der Waals surface area contributed by atoms with Gasteiger partial charge in [0.2, 0.25) is 0 Å². The predicted octanol–water partition coefficient (Wildman–Crippen LogP) is 3.25. The molecule has 0 unspecified atom stereocenters. The summed E-state index contributed by atoms with van der Waals surface area (Å²) in [5.41, 5.74) is 2.71. The van der Waals surface area contributed by atoms with Gasteiger partial charge in [-0.05, 0) is 50.4 Å². The average molecular weight is 273 g/mol. The minimum Gasteiger partial charge on any atom is -0.465 e. The lowest BCUT2D eigenvalue weighted by atomic mass is 9.92. The van der Waals surface area contributed by atoms with Gasteiger partial charge in [-0.15, -0.1) is 0 Å². The van der Waals surface area contributed by atoms with Crippen LogP contribution >= 0.6 is 0 Å². The van der Waals surface area contributed by atoms with Gasteiger partial charge in [-0.1, -0.05) is 6.92 Å². The maximum atomic E-state index is 5.70. The highest BCUT2D eigenvalue weighted by Crippen LogP contribution is 2.28. The predicted molar refractivity (Wildman–Crippen MR) is 78.7 cm³/mol. The van der Waals surface area contributed by atoms with Crippen LogP contribution in [0.25, 0.3) is 0 Å². The van der Waals surface area contributed by atoms with E-state index in [1.807, 2.05) is 19.2 Å². The molecule has 0 spiro atoms. The minimum atomic E-state index is 0.581. The molecule has 0 amide bonds. The summed E-state index contributed by atoms with van der Waals surface area (Å²) in [6.07, 6.45) is 5.53. The smallest absolute Gasteiger partial charge is 0.118 e. The molecule has 2 aromatic heterocycles. The van der Waals surface area contributed by atoms with Crippen molar-refractivity contribution in [3.8, 4) is 0 Å². The second-order valence-electron chi connectivity index (χ2n) is 5.75. The summed E-state index contributed by atoms with van der Waals surface area (Å²) in [5.74, 6) is 2.65. The molecule has 3 rings (SSSR count). The number of nitrogens with one attached hydrogen (secondary N) is 1. The van der Waals surface area contributed by atoms with E-state index in [-0.39, 0.29) is 0 Å². The van der Waals surface area contributed by atoms with Crippen molar-refractivity contribution < 1.29 is 4.42 Å². The van der Waals surface area contributed by atoms with Crippen molar-refractivity contribution in [1.29, 1.82) is 0 Å². The van der Waals surface area contributed by atoms with Gasteiger partial charge in [0.15, 0.2) is 0 Å². The van der Waals surface area contributed by atoms with Crippen LogP contribution in [-0.4, -0.2) is 28.2 Å². The van der Waals surface area contributed by atoms with Crippen LogP contribution in [0.1, 0.15) is 48.5 Å². The van der Waals surface area contributed by atoms with Gasteiger partial charge in [0.1, 0.15) is 11.5 Å².